The van der Waals surface area contributed by atoms with Crippen molar-refractivity contribution in [1.29, 1.82) is 0 Å². The fraction of sp³-hybridized carbons (Fsp3) is 0.803. The highest BCUT2D eigenvalue weighted by atomic mass is 16.6. The van der Waals surface area contributed by atoms with Gasteiger partial charge in [0.1, 0.15) is 6.61 Å². The molecule has 0 amide bonds. The van der Waals surface area contributed by atoms with Gasteiger partial charge in [-0.1, -0.05) is 248 Å². The molecular weight excluding hydrogens is 813 g/mol. The first-order valence-electron chi connectivity index (χ1n) is 28.8. The van der Waals surface area contributed by atoms with Gasteiger partial charge in [0.15, 0.2) is 6.10 Å². The van der Waals surface area contributed by atoms with E-state index in [0.29, 0.717) is 19.4 Å². The Balaban J connectivity index is 4.33. The van der Waals surface area contributed by atoms with E-state index in [2.05, 4.69) is 81.5 Å². The first-order valence-corrected chi connectivity index (χ1v) is 28.8. The molecule has 66 heavy (non-hydrogen) atoms. The number of esters is 2. The average molecular weight is 924 g/mol. The lowest BCUT2D eigenvalue weighted by atomic mass is 10.0. The molecule has 0 spiro atoms. The molecule has 0 aromatic heterocycles. The smallest absolute Gasteiger partial charge is 0.306 e. The quantitative estimate of drug-likeness (QED) is 0.0346. The van der Waals surface area contributed by atoms with Gasteiger partial charge in [-0.25, -0.2) is 0 Å². The first kappa shape index (κ1) is 63.6. The molecule has 0 aliphatic carbocycles. The number of hydrogen-bond donors (Lipinski definition) is 0. The normalized spacial score (nSPS) is 12.6. The minimum atomic E-state index is -0.555. The van der Waals surface area contributed by atoms with E-state index in [0.717, 1.165) is 83.5 Å². The van der Waals surface area contributed by atoms with Crippen molar-refractivity contribution in [2.75, 3.05) is 19.8 Å². The predicted molar refractivity (Wildman–Crippen MR) is 288 cm³/mol. The molecule has 0 saturated heterocycles. The van der Waals surface area contributed by atoms with Crippen LogP contribution in [0.4, 0.5) is 0 Å². The van der Waals surface area contributed by atoms with Crippen LogP contribution in [0.3, 0.4) is 0 Å². The van der Waals surface area contributed by atoms with Gasteiger partial charge in [-0.3, -0.25) is 9.59 Å². The zero-order valence-electron chi connectivity index (χ0n) is 44.2. The van der Waals surface area contributed by atoms with Crippen molar-refractivity contribution >= 4 is 11.9 Å². The Hall–Kier alpha value is -2.40. The molecule has 1 atom stereocenters. The highest BCUT2D eigenvalue weighted by Gasteiger charge is 2.17. The molecule has 0 saturated carbocycles. The van der Waals surface area contributed by atoms with Gasteiger partial charge < -0.3 is 14.2 Å². The molecule has 5 heteroatoms. The third-order valence-corrected chi connectivity index (χ3v) is 12.5. The lowest BCUT2D eigenvalue weighted by Crippen LogP contribution is -2.30. The number of hydrogen-bond acceptors (Lipinski definition) is 5. The predicted octanol–water partition coefficient (Wildman–Crippen LogP) is 19.7. The SMILES string of the molecule is CCCCC/C=C\C/C=C\C/C=C\C/C=C\CCCCCC(=O)O[C@H](COCCCCCCCCCCCCCCCCCC)COC(=O)CCCCCCC/C=C\CCCCCCCC. The van der Waals surface area contributed by atoms with Crippen LogP contribution in [0.25, 0.3) is 0 Å². The summed E-state index contributed by atoms with van der Waals surface area (Å²) >= 11 is 0. The second kappa shape index (κ2) is 56.9. The van der Waals surface area contributed by atoms with Crippen LogP contribution in [-0.4, -0.2) is 37.9 Å². The standard InChI is InChI=1S/C61H110O5/c1-4-7-10-13-16-19-22-25-28-30-31-32-34-37-40-43-46-49-52-55-61(63)66-59(57-64-56-53-50-47-44-41-38-35-29-26-23-20-17-14-11-8-5-2)58-65-60(62)54-51-48-45-42-39-36-33-27-24-21-18-15-12-9-6-3/h16,19,25,27-28,31-33,37,40,59H,4-15,17-18,20-24,26,29-30,34-36,38-39,41-58H2,1-3H3/b19-16-,28-25-,32-31-,33-27-,40-37-/t59-/m1/s1. The van der Waals surface area contributed by atoms with Crippen LogP contribution in [0.5, 0.6) is 0 Å². The molecule has 0 unspecified atom stereocenters. The van der Waals surface area contributed by atoms with Crippen LogP contribution < -0.4 is 0 Å². The van der Waals surface area contributed by atoms with Crippen molar-refractivity contribution < 1.29 is 23.8 Å². The van der Waals surface area contributed by atoms with Crippen LogP contribution in [0.15, 0.2) is 60.8 Å². The van der Waals surface area contributed by atoms with Crippen molar-refractivity contribution in [3.05, 3.63) is 60.8 Å². The van der Waals surface area contributed by atoms with Crippen LogP contribution in [0, 0.1) is 0 Å². The van der Waals surface area contributed by atoms with E-state index in [9.17, 15) is 9.59 Å². The van der Waals surface area contributed by atoms with E-state index in [1.54, 1.807) is 0 Å². The molecule has 0 aromatic carbocycles. The summed E-state index contributed by atoms with van der Waals surface area (Å²) in [5.74, 6) is -0.430. The maximum atomic E-state index is 12.8. The summed E-state index contributed by atoms with van der Waals surface area (Å²) in [4.78, 5) is 25.5. The summed E-state index contributed by atoms with van der Waals surface area (Å²) in [5, 5.41) is 0. The Bertz CT molecular complexity index is 1130. The number of allylic oxidation sites excluding steroid dienone is 10. The second-order valence-electron chi connectivity index (χ2n) is 19.2. The van der Waals surface area contributed by atoms with Gasteiger partial charge in [-0.15, -0.1) is 0 Å². The molecule has 0 heterocycles. The molecule has 5 nitrogen and oxygen atoms in total. The summed E-state index contributed by atoms with van der Waals surface area (Å²) in [6.45, 7) is 7.80. The summed E-state index contributed by atoms with van der Waals surface area (Å²) in [6, 6.07) is 0. The third-order valence-electron chi connectivity index (χ3n) is 12.5. The highest BCUT2D eigenvalue weighted by molar-refractivity contribution is 5.70. The Morgan fingerprint density at radius 3 is 1.08 bits per heavy atom. The van der Waals surface area contributed by atoms with Crippen molar-refractivity contribution in [2.24, 2.45) is 0 Å². The van der Waals surface area contributed by atoms with Gasteiger partial charge in [-0.05, 0) is 89.9 Å². The van der Waals surface area contributed by atoms with Gasteiger partial charge in [0, 0.05) is 19.4 Å². The molecule has 0 aliphatic rings. The number of carbonyl (C=O) groups excluding carboxylic acids is 2. The maximum Gasteiger partial charge on any atom is 0.306 e. The number of unbranched alkanes of at least 4 members (excludes halogenated alkanes) is 32. The van der Waals surface area contributed by atoms with Gasteiger partial charge >= 0.3 is 11.9 Å². The molecule has 0 radical (unpaired) electrons. The lowest BCUT2D eigenvalue weighted by Gasteiger charge is -2.18. The maximum absolute atomic E-state index is 12.8. The van der Waals surface area contributed by atoms with E-state index in [1.165, 1.54) is 173 Å². The Morgan fingerprint density at radius 1 is 0.333 bits per heavy atom. The van der Waals surface area contributed by atoms with Gasteiger partial charge in [0.2, 0.25) is 0 Å². The van der Waals surface area contributed by atoms with Crippen LogP contribution in [0.2, 0.25) is 0 Å². The average Bonchev–Trinajstić information content (AvgIpc) is 3.32. The second-order valence-corrected chi connectivity index (χ2v) is 19.2. The first-order chi connectivity index (χ1) is 32.6. The molecule has 384 valence electrons. The number of carbonyl (C=O) groups is 2. The fourth-order valence-corrected chi connectivity index (χ4v) is 8.20. The third kappa shape index (κ3) is 54.2. The Morgan fingerprint density at radius 2 is 0.636 bits per heavy atom. The molecule has 0 aromatic rings. The summed E-state index contributed by atoms with van der Waals surface area (Å²) < 4.78 is 17.5. The highest BCUT2D eigenvalue weighted by Crippen LogP contribution is 2.15. The van der Waals surface area contributed by atoms with E-state index < -0.39 is 6.10 Å². The number of rotatable bonds is 53. The van der Waals surface area contributed by atoms with E-state index >= 15 is 0 Å². The summed E-state index contributed by atoms with van der Waals surface area (Å²) in [5.41, 5.74) is 0. The minimum absolute atomic E-state index is 0.0701. The molecular formula is C61H110O5. The molecule has 0 N–H and O–H groups in total. The minimum Gasteiger partial charge on any atom is -0.462 e. The van der Waals surface area contributed by atoms with Gasteiger partial charge in [0.05, 0.1) is 6.61 Å². The number of ether oxygens (including phenoxy) is 3. The van der Waals surface area contributed by atoms with Gasteiger partial charge in [0.25, 0.3) is 0 Å². The Kier molecular flexibility index (Phi) is 54.9. The summed E-state index contributed by atoms with van der Waals surface area (Å²) in [6.07, 6.45) is 72.4. The molecule has 0 bridgehead atoms. The van der Waals surface area contributed by atoms with Crippen molar-refractivity contribution in [2.45, 2.75) is 297 Å². The van der Waals surface area contributed by atoms with Crippen LogP contribution in [0.1, 0.15) is 290 Å². The van der Waals surface area contributed by atoms with Crippen molar-refractivity contribution in [3.8, 4) is 0 Å². The monoisotopic (exact) mass is 923 g/mol. The van der Waals surface area contributed by atoms with Gasteiger partial charge in [-0.2, -0.15) is 0 Å². The van der Waals surface area contributed by atoms with E-state index in [4.69, 9.17) is 14.2 Å². The molecule has 0 fully saturated rings. The zero-order chi connectivity index (χ0) is 47.7. The lowest BCUT2D eigenvalue weighted by molar-refractivity contribution is -0.163. The fourth-order valence-electron chi connectivity index (χ4n) is 8.20. The molecule has 0 aliphatic heterocycles. The summed E-state index contributed by atoms with van der Waals surface area (Å²) in [7, 11) is 0. The van der Waals surface area contributed by atoms with Crippen LogP contribution >= 0.6 is 0 Å². The van der Waals surface area contributed by atoms with E-state index in [1.807, 2.05) is 0 Å². The topological polar surface area (TPSA) is 61.8 Å². The zero-order valence-corrected chi connectivity index (χ0v) is 44.2. The molecule has 0 rings (SSSR count). The van der Waals surface area contributed by atoms with Crippen molar-refractivity contribution in [3.63, 3.8) is 0 Å². The largest absolute Gasteiger partial charge is 0.462 e. The van der Waals surface area contributed by atoms with E-state index in [-0.39, 0.29) is 25.2 Å². The van der Waals surface area contributed by atoms with Crippen LogP contribution in [-0.2, 0) is 23.8 Å². The Labute approximate surface area is 411 Å². The van der Waals surface area contributed by atoms with Crippen molar-refractivity contribution in [1.82, 2.24) is 0 Å².